The number of hydrogen-bond donors (Lipinski definition) is 1. The third-order valence-corrected chi connectivity index (χ3v) is 6.27. The number of para-hydroxylation sites is 1. The van der Waals surface area contributed by atoms with E-state index in [2.05, 4.69) is 20.6 Å². The zero-order valence-corrected chi connectivity index (χ0v) is 20.7. The molecule has 1 aliphatic rings. The normalized spacial score (nSPS) is 14.8. The highest BCUT2D eigenvalue weighted by Crippen LogP contribution is 2.31. The first-order chi connectivity index (χ1) is 17.6. The summed E-state index contributed by atoms with van der Waals surface area (Å²) in [7, 11) is 0. The summed E-state index contributed by atoms with van der Waals surface area (Å²) in [6.07, 6.45) is -1.78. The van der Waals surface area contributed by atoms with Crippen molar-refractivity contribution in [1.29, 1.82) is 0 Å². The van der Waals surface area contributed by atoms with Gasteiger partial charge in [0.05, 0.1) is 11.3 Å². The Bertz CT molecular complexity index is 1210. The summed E-state index contributed by atoms with van der Waals surface area (Å²) < 4.78 is 46.8. The van der Waals surface area contributed by atoms with E-state index in [1.54, 1.807) is 35.2 Å². The number of hydrogen-bond acceptors (Lipinski definition) is 6. The Hall–Kier alpha value is -3.70. The van der Waals surface area contributed by atoms with Gasteiger partial charge in [0.1, 0.15) is 0 Å². The van der Waals surface area contributed by atoms with E-state index in [1.165, 1.54) is 0 Å². The lowest BCUT2D eigenvalue weighted by Gasteiger charge is -2.30. The Labute approximate surface area is 212 Å². The first kappa shape index (κ1) is 26.4. The van der Waals surface area contributed by atoms with Gasteiger partial charge in [-0.3, -0.25) is 9.59 Å². The van der Waals surface area contributed by atoms with E-state index in [-0.39, 0.29) is 30.7 Å². The Morgan fingerprint density at radius 1 is 1.16 bits per heavy atom. The average Bonchev–Trinajstić information content (AvgIpc) is 3.55. The molecule has 2 aromatic heterocycles. The number of aromatic nitrogens is 4. The summed E-state index contributed by atoms with van der Waals surface area (Å²) in [5, 5.41) is 10.1. The van der Waals surface area contributed by atoms with Gasteiger partial charge in [-0.05, 0) is 31.4 Å². The van der Waals surface area contributed by atoms with E-state index < -0.39 is 23.3 Å². The van der Waals surface area contributed by atoms with Gasteiger partial charge in [0.25, 0.3) is 5.91 Å². The van der Waals surface area contributed by atoms with Crippen LogP contribution >= 0.6 is 0 Å². The van der Waals surface area contributed by atoms with Crippen LogP contribution in [0.3, 0.4) is 0 Å². The minimum atomic E-state index is -4.79. The van der Waals surface area contributed by atoms with Crippen molar-refractivity contribution < 1.29 is 27.3 Å². The molecule has 2 amide bonds. The van der Waals surface area contributed by atoms with Crippen molar-refractivity contribution in [2.75, 3.05) is 19.6 Å². The number of carbonyl (C=O) groups excluding carboxylic acids is 2. The molecule has 1 aromatic carbocycles. The summed E-state index contributed by atoms with van der Waals surface area (Å²) in [6.45, 7) is 5.15. The lowest BCUT2D eigenvalue weighted by molar-refractivity contribution is -0.141. The van der Waals surface area contributed by atoms with Gasteiger partial charge >= 0.3 is 6.18 Å². The van der Waals surface area contributed by atoms with Gasteiger partial charge < -0.3 is 14.7 Å². The third kappa shape index (κ3) is 6.36. The third-order valence-electron chi connectivity index (χ3n) is 6.27. The molecule has 0 aliphatic carbocycles. The van der Waals surface area contributed by atoms with Gasteiger partial charge in [0, 0.05) is 44.1 Å². The number of piperidine rings is 1. The highest BCUT2D eigenvalue weighted by Gasteiger charge is 2.39. The van der Waals surface area contributed by atoms with Crippen molar-refractivity contribution in [3.8, 4) is 5.69 Å². The predicted octanol–water partition coefficient (Wildman–Crippen LogP) is 4.31. The number of halogens is 3. The van der Waals surface area contributed by atoms with Crippen LogP contribution in [0.4, 0.5) is 13.2 Å². The molecule has 0 unspecified atom stereocenters. The molecule has 12 heteroatoms. The molecule has 1 N–H and O–H groups in total. The first-order valence-electron chi connectivity index (χ1n) is 12.2. The maximum atomic E-state index is 13.5. The van der Waals surface area contributed by atoms with Crippen molar-refractivity contribution in [1.82, 2.24) is 30.1 Å². The van der Waals surface area contributed by atoms with Crippen molar-refractivity contribution in [2.24, 2.45) is 0 Å². The van der Waals surface area contributed by atoms with Crippen LogP contribution in [-0.2, 0) is 11.0 Å². The molecule has 0 spiro atoms. The number of carbonyl (C=O) groups is 2. The van der Waals surface area contributed by atoms with Crippen LogP contribution in [-0.4, -0.2) is 56.3 Å². The maximum absolute atomic E-state index is 13.5. The summed E-state index contributed by atoms with van der Waals surface area (Å²) in [6, 6.07) is 8.24. The molecule has 0 atom stereocenters. The van der Waals surface area contributed by atoms with Crippen molar-refractivity contribution in [3.63, 3.8) is 0 Å². The molecule has 4 rings (SSSR count). The zero-order valence-electron chi connectivity index (χ0n) is 20.7. The summed E-state index contributed by atoms with van der Waals surface area (Å²) in [5.74, 6) is 0.626. The summed E-state index contributed by atoms with van der Waals surface area (Å²) >= 11 is 0. The van der Waals surface area contributed by atoms with E-state index in [1.807, 2.05) is 13.8 Å². The van der Waals surface area contributed by atoms with Gasteiger partial charge in [-0.15, -0.1) is 0 Å². The van der Waals surface area contributed by atoms with Crippen LogP contribution in [0, 0.1) is 0 Å². The largest absolute Gasteiger partial charge is 0.435 e. The molecule has 0 saturated carbocycles. The van der Waals surface area contributed by atoms with Gasteiger partial charge in [-0.25, -0.2) is 4.68 Å². The average molecular weight is 519 g/mol. The Morgan fingerprint density at radius 2 is 1.86 bits per heavy atom. The number of likely N-dealkylation sites (tertiary alicyclic amines) is 1. The predicted molar refractivity (Wildman–Crippen MR) is 127 cm³/mol. The minimum Gasteiger partial charge on any atom is -0.352 e. The van der Waals surface area contributed by atoms with Gasteiger partial charge in [0.2, 0.25) is 11.8 Å². The number of rotatable bonds is 8. The second kappa shape index (κ2) is 11.1. The van der Waals surface area contributed by atoms with Crippen LogP contribution in [0.1, 0.15) is 79.1 Å². The van der Waals surface area contributed by atoms with E-state index in [4.69, 9.17) is 4.52 Å². The van der Waals surface area contributed by atoms with Crippen LogP contribution in [0.25, 0.3) is 5.69 Å². The fraction of sp³-hybridized carbons (Fsp3) is 0.480. The van der Waals surface area contributed by atoms with Crippen molar-refractivity contribution in [3.05, 3.63) is 59.5 Å². The Kier molecular flexibility index (Phi) is 7.94. The Balaban J connectivity index is 1.26. The lowest BCUT2D eigenvalue weighted by Crippen LogP contribution is -2.38. The van der Waals surface area contributed by atoms with Gasteiger partial charge in [0.15, 0.2) is 11.5 Å². The van der Waals surface area contributed by atoms with Crippen molar-refractivity contribution in [2.45, 2.75) is 57.5 Å². The van der Waals surface area contributed by atoms with Crippen LogP contribution in [0.2, 0.25) is 0 Å². The lowest BCUT2D eigenvalue weighted by atomic mass is 9.96. The molecule has 37 heavy (non-hydrogen) atoms. The second-order valence-electron chi connectivity index (χ2n) is 9.33. The van der Waals surface area contributed by atoms with E-state index >= 15 is 0 Å². The quantitative estimate of drug-likeness (QED) is 0.446. The number of benzene rings is 1. The number of nitrogens with one attached hydrogen (secondary N) is 1. The Morgan fingerprint density at radius 3 is 2.49 bits per heavy atom. The van der Waals surface area contributed by atoms with E-state index in [9.17, 15) is 22.8 Å². The van der Waals surface area contributed by atoms with Crippen LogP contribution in [0.5, 0.6) is 0 Å². The standard InChI is InChI=1S/C25H29F3N6O3/c1-16(2)24-30-22(32-37-24)17-10-13-33(14-11-17)20(35)9-6-12-29-23(36)19-15-34(18-7-4-3-5-8-18)31-21(19)25(26,27)28/h3-5,7-8,15-17H,6,9-14H2,1-2H3,(H,29,36). The molecule has 198 valence electrons. The second-order valence-corrected chi connectivity index (χ2v) is 9.33. The first-order valence-corrected chi connectivity index (χ1v) is 12.2. The molecule has 1 fully saturated rings. The fourth-order valence-electron chi connectivity index (χ4n) is 4.19. The fourth-order valence-corrected chi connectivity index (χ4v) is 4.19. The molecular formula is C25H29F3N6O3. The number of amides is 2. The smallest absolute Gasteiger partial charge is 0.352 e. The van der Waals surface area contributed by atoms with Crippen molar-refractivity contribution >= 4 is 11.8 Å². The highest BCUT2D eigenvalue weighted by atomic mass is 19.4. The maximum Gasteiger partial charge on any atom is 0.435 e. The molecule has 9 nitrogen and oxygen atoms in total. The topological polar surface area (TPSA) is 106 Å². The molecule has 3 aromatic rings. The SMILES string of the molecule is CC(C)c1nc(C2CCN(C(=O)CCCNC(=O)c3cn(-c4ccccc4)nc3C(F)(F)F)CC2)no1. The van der Waals surface area contributed by atoms with Gasteiger partial charge in [-0.1, -0.05) is 37.2 Å². The molecule has 3 heterocycles. The monoisotopic (exact) mass is 518 g/mol. The summed E-state index contributed by atoms with van der Waals surface area (Å²) in [4.78, 5) is 31.3. The molecule has 1 aliphatic heterocycles. The van der Waals surface area contributed by atoms with E-state index in [0.717, 1.165) is 23.7 Å². The molecular weight excluding hydrogens is 489 g/mol. The minimum absolute atomic E-state index is 0.0587. The molecule has 1 saturated heterocycles. The van der Waals surface area contributed by atoms with Crippen LogP contribution in [0.15, 0.2) is 41.1 Å². The zero-order chi connectivity index (χ0) is 26.6. The van der Waals surface area contributed by atoms with Gasteiger partial charge in [-0.2, -0.15) is 23.3 Å². The summed E-state index contributed by atoms with van der Waals surface area (Å²) in [5.41, 5.74) is -1.41. The molecule has 0 bridgehead atoms. The van der Waals surface area contributed by atoms with E-state index in [0.29, 0.717) is 36.9 Å². The number of alkyl halides is 3. The highest BCUT2D eigenvalue weighted by molar-refractivity contribution is 5.95. The molecule has 0 radical (unpaired) electrons. The number of nitrogens with zero attached hydrogens (tertiary/aromatic N) is 5. The van der Waals surface area contributed by atoms with Crippen LogP contribution < -0.4 is 5.32 Å².